The number of aliphatic hydroxyl groups is 1. The van der Waals surface area contributed by atoms with E-state index in [9.17, 15) is 9.90 Å². The van der Waals surface area contributed by atoms with Crippen LogP contribution in [0, 0.1) is 5.92 Å². The summed E-state index contributed by atoms with van der Waals surface area (Å²) in [5.41, 5.74) is 6.84. The number of amides is 1. The van der Waals surface area contributed by atoms with Crippen molar-refractivity contribution in [2.75, 3.05) is 19.7 Å². The number of nitrogens with zero attached hydrogens (tertiary/aromatic N) is 1. The molecular weight excluding hydrogens is 264 g/mol. The fourth-order valence-electron chi connectivity index (χ4n) is 2.41. The van der Waals surface area contributed by atoms with Crippen molar-refractivity contribution in [1.29, 1.82) is 0 Å². The zero-order valence-electron chi connectivity index (χ0n) is 10.9. The zero-order valence-corrected chi connectivity index (χ0v) is 11.7. The summed E-state index contributed by atoms with van der Waals surface area (Å²) in [5.74, 6) is 0.157. The van der Waals surface area contributed by atoms with Crippen molar-refractivity contribution in [3.63, 3.8) is 0 Å². The molecule has 3 N–H and O–H groups in total. The SMILES string of the molecule is Cl.NC(C(=O)N1CCCC(CO)C1)c1ccccc1. The van der Waals surface area contributed by atoms with Crippen molar-refractivity contribution < 1.29 is 9.90 Å². The fraction of sp³-hybridized carbons (Fsp3) is 0.500. The first-order chi connectivity index (χ1) is 8.72. The molecule has 106 valence electrons. The van der Waals surface area contributed by atoms with Gasteiger partial charge in [-0.3, -0.25) is 4.79 Å². The third-order valence-electron chi connectivity index (χ3n) is 3.51. The lowest BCUT2D eigenvalue weighted by atomic mass is 9.97. The minimum atomic E-state index is -0.594. The van der Waals surface area contributed by atoms with Gasteiger partial charge in [-0.15, -0.1) is 12.4 Å². The molecule has 0 saturated carbocycles. The van der Waals surface area contributed by atoms with E-state index in [1.807, 2.05) is 30.3 Å². The Morgan fingerprint density at radius 1 is 1.42 bits per heavy atom. The highest BCUT2D eigenvalue weighted by Crippen LogP contribution is 2.20. The molecule has 0 radical (unpaired) electrons. The smallest absolute Gasteiger partial charge is 0.244 e. The van der Waals surface area contributed by atoms with Crippen LogP contribution < -0.4 is 5.73 Å². The maximum absolute atomic E-state index is 12.3. The van der Waals surface area contributed by atoms with Gasteiger partial charge in [0.25, 0.3) is 0 Å². The van der Waals surface area contributed by atoms with E-state index in [0.29, 0.717) is 6.54 Å². The second kappa shape index (κ2) is 7.48. The molecule has 2 rings (SSSR count). The van der Waals surface area contributed by atoms with E-state index >= 15 is 0 Å². The van der Waals surface area contributed by atoms with E-state index in [4.69, 9.17) is 5.73 Å². The molecule has 0 bridgehead atoms. The maximum Gasteiger partial charge on any atom is 0.244 e. The summed E-state index contributed by atoms with van der Waals surface area (Å²) < 4.78 is 0. The van der Waals surface area contributed by atoms with E-state index in [0.717, 1.165) is 24.9 Å². The number of piperidine rings is 1. The Kier molecular flexibility index (Phi) is 6.28. The summed E-state index contributed by atoms with van der Waals surface area (Å²) in [5, 5.41) is 9.18. The molecular formula is C14H21ClN2O2. The van der Waals surface area contributed by atoms with Crippen LogP contribution in [-0.4, -0.2) is 35.6 Å². The van der Waals surface area contributed by atoms with Crippen LogP contribution in [0.3, 0.4) is 0 Å². The molecule has 0 spiro atoms. The summed E-state index contributed by atoms with van der Waals surface area (Å²) in [4.78, 5) is 14.1. The lowest BCUT2D eigenvalue weighted by molar-refractivity contribution is -0.134. The van der Waals surface area contributed by atoms with Crippen molar-refractivity contribution >= 4 is 18.3 Å². The van der Waals surface area contributed by atoms with E-state index in [1.165, 1.54) is 0 Å². The number of aliphatic hydroxyl groups excluding tert-OH is 1. The van der Waals surface area contributed by atoms with Gasteiger partial charge in [0.05, 0.1) is 0 Å². The molecule has 2 unspecified atom stereocenters. The number of hydrogen-bond acceptors (Lipinski definition) is 3. The highest BCUT2D eigenvalue weighted by molar-refractivity contribution is 5.85. The van der Waals surface area contributed by atoms with Crippen LogP contribution >= 0.6 is 12.4 Å². The number of hydrogen-bond donors (Lipinski definition) is 2. The van der Waals surface area contributed by atoms with Crippen LogP contribution in [-0.2, 0) is 4.79 Å². The van der Waals surface area contributed by atoms with Gasteiger partial charge in [0, 0.05) is 19.7 Å². The topological polar surface area (TPSA) is 66.6 Å². The number of likely N-dealkylation sites (tertiary alicyclic amines) is 1. The molecule has 19 heavy (non-hydrogen) atoms. The summed E-state index contributed by atoms with van der Waals surface area (Å²) in [6, 6.07) is 8.82. The Morgan fingerprint density at radius 2 is 2.11 bits per heavy atom. The molecule has 0 aromatic heterocycles. The van der Waals surface area contributed by atoms with Gasteiger partial charge >= 0.3 is 0 Å². The molecule has 5 heteroatoms. The molecule has 0 aliphatic carbocycles. The summed E-state index contributed by atoms with van der Waals surface area (Å²) in [6.45, 7) is 1.51. The molecule has 1 aromatic carbocycles. The minimum Gasteiger partial charge on any atom is -0.396 e. The third-order valence-corrected chi connectivity index (χ3v) is 3.51. The molecule has 1 aliphatic rings. The summed E-state index contributed by atoms with van der Waals surface area (Å²) in [6.07, 6.45) is 1.93. The van der Waals surface area contributed by atoms with Gasteiger partial charge in [-0.1, -0.05) is 30.3 Å². The van der Waals surface area contributed by atoms with Crippen molar-refractivity contribution in [1.82, 2.24) is 4.90 Å². The molecule has 1 saturated heterocycles. The van der Waals surface area contributed by atoms with Gasteiger partial charge < -0.3 is 15.7 Å². The van der Waals surface area contributed by atoms with Crippen molar-refractivity contribution in [2.45, 2.75) is 18.9 Å². The Bertz CT molecular complexity index is 400. The van der Waals surface area contributed by atoms with Crippen LogP contribution in [0.5, 0.6) is 0 Å². The Labute approximate surface area is 120 Å². The van der Waals surface area contributed by atoms with Crippen molar-refractivity contribution in [3.05, 3.63) is 35.9 Å². The van der Waals surface area contributed by atoms with E-state index < -0.39 is 6.04 Å². The fourth-order valence-corrected chi connectivity index (χ4v) is 2.41. The van der Waals surface area contributed by atoms with Gasteiger partial charge in [0.15, 0.2) is 0 Å². The zero-order chi connectivity index (χ0) is 13.0. The van der Waals surface area contributed by atoms with Crippen molar-refractivity contribution in [3.8, 4) is 0 Å². The normalized spacial score (nSPS) is 20.5. The molecule has 1 fully saturated rings. The number of benzene rings is 1. The van der Waals surface area contributed by atoms with Gasteiger partial charge in [-0.2, -0.15) is 0 Å². The minimum absolute atomic E-state index is 0. The van der Waals surface area contributed by atoms with Gasteiger partial charge in [-0.05, 0) is 24.3 Å². The second-order valence-corrected chi connectivity index (χ2v) is 4.86. The van der Waals surface area contributed by atoms with Crippen molar-refractivity contribution in [2.24, 2.45) is 11.7 Å². The average molecular weight is 285 g/mol. The predicted molar refractivity (Wildman–Crippen MR) is 77.0 cm³/mol. The van der Waals surface area contributed by atoms with Gasteiger partial charge in [0.1, 0.15) is 6.04 Å². The summed E-state index contributed by atoms with van der Waals surface area (Å²) in [7, 11) is 0. The largest absolute Gasteiger partial charge is 0.396 e. The molecule has 4 nitrogen and oxygen atoms in total. The number of nitrogens with two attached hydrogens (primary N) is 1. The van der Waals surface area contributed by atoms with Gasteiger partial charge in [0.2, 0.25) is 5.91 Å². The predicted octanol–water partition coefficient (Wildman–Crippen LogP) is 1.34. The quantitative estimate of drug-likeness (QED) is 0.880. The van der Waals surface area contributed by atoms with E-state index in [2.05, 4.69) is 0 Å². The lowest BCUT2D eigenvalue weighted by Crippen LogP contribution is -2.45. The Hall–Kier alpha value is -1.10. The standard InChI is InChI=1S/C14H20N2O2.ClH/c15-13(12-6-2-1-3-7-12)14(18)16-8-4-5-11(9-16)10-17;/h1-3,6-7,11,13,17H,4-5,8-10,15H2;1H. The van der Waals surface area contributed by atoms with Crippen LogP contribution in [0.25, 0.3) is 0 Å². The Morgan fingerprint density at radius 3 is 2.74 bits per heavy atom. The van der Waals surface area contributed by atoms with Crippen LogP contribution in [0.2, 0.25) is 0 Å². The first-order valence-electron chi connectivity index (χ1n) is 6.42. The lowest BCUT2D eigenvalue weighted by Gasteiger charge is -2.33. The monoisotopic (exact) mass is 284 g/mol. The average Bonchev–Trinajstić information content (AvgIpc) is 2.46. The highest BCUT2D eigenvalue weighted by atomic mass is 35.5. The number of halogens is 1. The Balaban J connectivity index is 0.00000180. The second-order valence-electron chi connectivity index (χ2n) is 4.86. The molecule has 1 aliphatic heterocycles. The van der Waals surface area contributed by atoms with E-state index in [-0.39, 0.29) is 30.8 Å². The van der Waals surface area contributed by atoms with Gasteiger partial charge in [-0.25, -0.2) is 0 Å². The number of carbonyl (C=O) groups is 1. The summed E-state index contributed by atoms with van der Waals surface area (Å²) >= 11 is 0. The first kappa shape index (κ1) is 16.0. The van der Waals surface area contributed by atoms with E-state index in [1.54, 1.807) is 4.90 Å². The molecule has 1 heterocycles. The molecule has 1 amide bonds. The molecule has 1 aromatic rings. The maximum atomic E-state index is 12.3. The van der Waals surface area contributed by atoms with Crippen LogP contribution in [0.4, 0.5) is 0 Å². The third kappa shape index (κ3) is 3.93. The van der Waals surface area contributed by atoms with Crippen LogP contribution in [0.15, 0.2) is 30.3 Å². The number of rotatable bonds is 3. The molecule has 2 atom stereocenters. The highest BCUT2D eigenvalue weighted by Gasteiger charge is 2.27. The van der Waals surface area contributed by atoms with Crippen LogP contribution in [0.1, 0.15) is 24.4 Å². The first-order valence-corrected chi connectivity index (χ1v) is 6.42. The number of carbonyl (C=O) groups excluding carboxylic acids is 1.